The summed E-state index contributed by atoms with van der Waals surface area (Å²) in [6.45, 7) is 4.78. The van der Waals surface area contributed by atoms with Crippen LogP contribution in [0.25, 0.3) is 11.6 Å². The molecule has 9 nitrogen and oxygen atoms in total. The highest BCUT2D eigenvalue weighted by Crippen LogP contribution is 2.26. The Morgan fingerprint density at radius 2 is 2.00 bits per heavy atom. The Morgan fingerprint density at radius 1 is 1.26 bits per heavy atom. The standard InChI is InChI=1S/C19H19F3N6O3/c1-11(2)16-23-17(31-25-16)15-10-28(26-24-15)13-7-8-27(9-13)18(29)12-3-5-14(6-4-12)30-19(20,21)22/h3-6,10-11,13H,7-9H2,1-2H3/t13-/m1/s1. The number of ether oxygens (including phenoxy) is 1. The summed E-state index contributed by atoms with van der Waals surface area (Å²) in [7, 11) is 0. The van der Waals surface area contributed by atoms with E-state index in [-0.39, 0.29) is 35.1 Å². The monoisotopic (exact) mass is 436 g/mol. The molecule has 31 heavy (non-hydrogen) atoms. The van der Waals surface area contributed by atoms with Crippen LogP contribution in [0.2, 0.25) is 0 Å². The minimum atomic E-state index is -4.78. The van der Waals surface area contributed by atoms with Crippen LogP contribution in [0.1, 0.15) is 48.4 Å². The van der Waals surface area contributed by atoms with E-state index in [2.05, 4.69) is 25.2 Å². The van der Waals surface area contributed by atoms with Crippen LogP contribution in [-0.4, -0.2) is 55.4 Å². The van der Waals surface area contributed by atoms with E-state index in [4.69, 9.17) is 4.52 Å². The minimum Gasteiger partial charge on any atom is -0.406 e. The van der Waals surface area contributed by atoms with Crippen LogP contribution in [0.15, 0.2) is 35.0 Å². The van der Waals surface area contributed by atoms with Gasteiger partial charge in [0.2, 0.25) is 0 Å². The first-order valence-electron chi connectivity index (χ1n) is 9.60. The topological polar surface area (TPSA) is 99.2 Å². The minimum absolute atomic E-state index is 0.0921. The number of likely N-dealkylation sites (tertiary alicyclic amines) is 1. The zero-order chi connectivity index (χ0) is 22.2. The third-order valence-electron chi connectivity index (χ3n) is 4.85. The van der Waals surface area contributed by atoms with Gasteiger partial charge in [-0.25, -0.2) is 4.68 Å². The molecule has 1 saturated heterocycles. The lowest BCUT2D eigenvalue weighted by Crippen LogP contribution is -2.29. The Kier molecular flexibility index (Phi) is 5.38. The highest BCUT2D eigenvalue weighted by atomic mass is 19.4. The largest absolute Gasteiger partial charge is 0.573 e. The molecule has 0 N–H and O–H groups in total. The van der Waals surface area contributed by atoms with Crippen molar-refractivity contribution < 1.29 is 27.2 Å². The van der Waals surface area contributed by atoms with Crippen LogP contribution in [0.4, 0.5) is 13.2 Å². The van der Waals surface area contributed by atoms with Crippen LogP contribution in [-0.2, 0) is 0 Å². The van der Waals surface area contributed by atoms with Crippen molar-refractivity contribution in [2.45, 2.75) is 38.6 Å². The number of halogens is 3. The molecule has 1 amide bonds. The summed E-state index contributed by atoms with van der Waals surface area (Å²) in [6.07, 6.45) is -2.42. The van der Waals surface area contributed by atoms with Crippen LogP contribution >= 0.6 is 0 Å². The van der Waals surface area contributed by atoms with Gasteiger partial charge in [-0.2, -0.15) is 4.98 Å². The first kappa shape index (κ1) is 20.8. The van der Waals surface area contributed by atoms with E-state index in [1.807, 2.05) is 13.8 Å². The van der Waals surface area contributed by atoms with Gasteiger partial charge in [-0.15, -0.1) is 18.3 Å². The second-order valence-corrected chi connectivity index (χ2v) is 7.46. The molecule has 0 radical (unpaired) electrons. The number of carbonyl (C=O) groups is 1. The number of alkyl halides is 3. The summed E-state index contributed by atoms with van der Waals surface area (Å²) in [5, 5.41) is 12.1. The molecule has 1 aliphatic rings. The van der Waals surface area contributed by atoms with E-state index in [1.165, 1.54) is 12.1 Å². The molecule has 3 aromatic rings. The Bertz CT molecular complexity index is 1060. The van der Waals surface area contributed by atoms with Gasteiger partial charge in [-0.1, -0.05) is 24.2 Å². The highest BCUT2D eigenvalue weighted by Gasteiger charge is 2.32. The van der Waals surface area contributed by atoms with Gasteiger partial charge in [0.05, 0.1) is 12.2 Å². The van der Waals surface area contributed by atoms with Crippen molar-refractivity contribution in [2.24, 2.45) is 0 Å². The van der Waals surface area contributed by atoms with Crippen molar-refractivity contribution in [1.82, 2.24) is 30.0 Å². The Morgan fingerprint density at radius 3 is 2.65 bits per heavy atom. The number of amides is 1. The maximum atomic E-state index is 12.7. The number of hydrogen-bond donors (Lipinski definition) is 0. The van der Waals surface area contributed by atoms with E-state index in [0.29, 0.717) is 31.0 Å². The van der Waals surface area contributed by atoms with Crippen molar-refractivity contribution in [3.05, 3.63) is 41.9 Å². The number of rotatable bonds is 5. The quantitative estimate of drug-likeness (QED) is 0.604. The molecule has 1 aromatic carbocycles. The van der Waals surface area contributed by atoms with Gasteiger partial charge in [0.15, 0.2) is 11.5 Å². The number of carbonyl (C=O) groups excluding carboxylic acids is 1. The third-order valence-corrected chi connectivity index (χ3v) is 4.85. The predicted octanol–water partition coefficient (Wildman–Crippen LogP) is 3.44. The molecule has 1 fully saturated rings. The lowest BCUT2D eigenvalue weighted by Gasteiger charge is -2.17. The molecule has 164 valence electrons. The fraction of sp³-hybridized carbons (Fsp3) is 0.421. The Balaban J connectivity index is 1.40. The van der Waals surface area contributed by atoms with Crippen LogP contribution < -0.4 is 4.74 Å². The normalized spacial score (nSPS) is 16.8. The third kappa shape index (κ3) is 4.67. The van der Waals surface area contributed by atoms with E-state index in [1.54, 1.807) is 15.8 Å². The molecular weight excluding hydrogens is 417 g/mol. The number of nitrogens with zero attached hydrogens (tertiary/aromatic N) is 6. The first-order valence-corrected chi connectivity index (χ1v) is 9.60. The van der Waals surface area contributed by atoms with Crippen LogP contribution in [0.3, 0.4) is 0 Å². The summed E-state index contributed by atoms with van der Waals surface area (Å²) < 4.78 is 47.5. The molecule has 12 heteroatoms. The van der Waals surface area contributed by atoms with E-state index in [0.717, 1.165) is 12.1 Å². The average Bonchev–Trinajstić information content (AvgIpc) is 3.45. The predicted molar refractivity (Wildman–Crippen MR) is 100 cm³/mol. The zero-order valence-corrected chi connectivity index (χ0v) is 16.7. The summed E-state index contributed by atoms with van der Waals surface area (Å²) in [5.41, 5.74) is 0.728. The van der Waals surface area contributed by atoms with Gasteiger partial charge in [-0.3, -0.25) is 4.79 Å². The van der Waals surface area contributed by atoms with Gasteiger partial charge in [0, 0.05) is 24.6 Å². The Hall–Kier alpha value is -3.44. The fourth-order valence-electron chi connectivity index (χ4n) is 3.25. The number of hydrogen-bond acceptors (Lipinski definition) is 7. The van der Waals surface area contributed by atoms with Gasteiger partial charge in [0.25, 0.3) is 11.8 Å². The average molecular weight is 436 g/mol. The van der Waals surface area contributed by atoms with Crippen LogP contribution in [0.5, 0.6) is 5.75 Å². The molecule has 0 saturated carbocycles. The lowest BCUT2D eigenvalue weighted by atomic mass is 10.2. The van der Waals surface area contributed by atoms with Crippen molar-refractivity contribution in [3.63, 3.8) is 0 Å². The van der Waals surface area contributed by atoms with E-state index < -0.39 is 6.36 Å². The Labute approximate surface area is 174 Å². The summed E-state index contributed by atoms with van der Waals surface area (Å²) >= 11 is 0. The summed E-state index contributed by atoms with van der Waals surface area (Å²) in [4.78, 5) is 18.6. The molecule has 4 rings (SSSR count). The summed E-state index contributed by atoms with van der Waals surface area (Å²) in [6, 6.07) is 4.77. The second-order valence-electron chi connectivity index (χ2n) is 7.46. The maximum absolute atomic E-state index is 12.7. The van der Waals surface area contributed by atoms with Crippen molar-refractivity contribution in [2.75, 3.05) is 13.1 Å². The second kappa shape index (κ2) is 8.00. The summed E-state index contributed by atoms with van der Waals surface area (Å²) in [5.74, 6) is 0.326. The van der Waals surface area contributed by atoms with Gasteiger partial charge in [0.1, 0.15) is 5.75 Å². The zero-order valence-electron chi connectivity index (χ0n) is 16.7. The molecule has 2 aromatic heterocycles. The number of benzene rings is 1. The van der Waals surface area contributed by atoms with Gasteiger partial charge < -0.3 is 14.2 Å². The smallest absolute Gasteiger partial charge is 0.406 e. The SMILES string of the molecule is CC(C)c1noc(-c2cn([C@@H]3CCN(C(=O)c4ccc(OC(F)(F)F)cc4)C3)nn2)n1. The molecule has 0 unspecified atom stereocenters. The highest BCUT2D eigenvalue weighted by molar-refractivity contribution is 5.94. The molecule has 1 atom stereocenters. The maximum Gasteiger partial charge on any atom is 0.573 e. The first-order chi connectivity index (χ1) is 14.7. The van der Waals surface area contributed by atoms with Crippen molar-refractivity contribution in [3.8, 4) is 17.3 Å². The molecular formula is C19H19F3N6O3. The fourth-order valence-corrected chi connectivity index (χ4v) is 3.25. The lowest BCUT2D eigenvalue weighted by molar-refractivity contribution is -0.274. The van der Waals surface area contributed by atoms with E-state index in [9.17, 15) is 18.0 Å². The molecule has 0 bridgehead atoms. The molecule has 0 spiro atoms. The van der Waals surface area contributed by atoms with Crippen molar-refractivity contribution in [1.29, 1.82) is 0 Å². The van der Waals surface area contributed by atoms with Gasteiger partial charge >= 0.3 is 6.36 Å². The van der Waals surface area contributed by atoms with E-state index >= 15 is 0 Å². The number of aromatic nitrogens is 5. The molecule has 1 aliphatic heterocycles. The molecule has 3 heterocycles. The van der Waals surface area contributed by atoms with Crippen LogP contribution in [0, 0.1) is 0 Å². The molecule has 0 aliphatic carbocycles. The van der Waals surface area contributed by atoms with Crippen molar-refractivity contribution >= 4 is 5.91 Å². The van der Waals surface area contributed by atoms with Gasteiger partial charge in [-0.05, 0) is 30.7 Å².